The molecule has 4 aromatic rings. The molecule has 0 bridgehead atoms. The molecule has 0 spiro atoms. The number of sulfonamides is 1. The van der Waals surface area contributed by atoms with E-state index in [1.54, 1.807) is 25.1 Å². The molecule has 0 radical (unpaired) electrons. The fourth-order valence-electron chi connectivity index (χ4n) is 3.19. The lowest BCUT2D eigenvalue weighted by Gasteiger charge is -2.15. The number of hydrogen-bond acceptors (Lipinski definition) is 7. The Morgan fingerprint density at radius 2 is 1.56 bits per heavy atom. The molecule has 0 saturated heterocycles. The van der Waals surface area contributed by atoms with Gasteiger partial charge in [-0.15, -0.1) is 0 Å². The van der Waals surface area contributed by atoms with Gasteiger partial charge < -0.3 is 5.32 Å². The van der Waals surface area contributed by atoms with Gasteiger partial charge in [0, 0.05) is 17.8 Å². The lowest BCUT2D eigenvalue weighted by Crippen LogP contribution is -2.17. The zero-order chi connectivity index (χ0) is 22.9. The third-order valence-corrected chi connectivity index (χ3v) is 6.24. The first-order valence-electron chi connectivity index (χ1n) is 9.61. The van der Waals surface area contributed by atoms with Crippen molar-refractivity contribution in [1.82, 2.24) is 9.97 Å². The van der Waals surface area contributed by atoms with Crippen molar-refractivity contribution in [2.45, 2.75) is 18.7 Å². The molecular formula is C22H19N5O4S. The Bertz CT molecular complexity index is 1450. The van der Waals surface area contributed by atoms with Gasteiger partial charge in [0.25, 0.3) is 15.7 Å². The van der Waals surface area contributed by atoms with E-state index in [0.717, 1.165) is 11.6 Å². The second kappa shape index (κ2) is 8.23. The monoisotopic (exact) mass is 449 g/mol. The predicted molar refractivity (Wildman–Crippen MR) is 123 cm³/mol. The Morgan fingerprint density at radius 1 is 0.875 bits per heavy atom. The molecule has 10 heteroatoms. The highest BCUT2D eigenvalue weighted by atomic mass is 32.2. The minimum Gasteiger partial charge on any atom is -0.337 e. The highest BCUT2D eigenvalue weighted by Gasteiger charge is 2.23. The van der Waals surface area contributed by atoms with Crippen LogP contribution < -0.4 is 10.0 Å². The van der Waals surface area contributed by atoms with Gasteiger partial charge in [0.1, 0.15) is 0 Å². The van der Waals surface area contributed by atoms with Crippen molar-refractivity contribution in [3.05, 3.63) is 88.0 Å². The number of hydrogen-bond donors (Lipinski definition) is 2. The highest BCUT2D eigenvalue weighted by Crippen LogP contribution is 2.29. The molecule has 3 aromatic carbocycles. The summed E-state index contributed by atoms with van der Waals surface area (Å²) in [5.41, 5.74) is 2.84. The second-order valence-corrected chi connectivity index (χ2v) is 8.87. The van der Waals surface area contributed by atoms with Crippen LogP contribution in [-0.2, 0) is 10.0 Å². The van der Waals surface area contributed by atoms with E-state index in [0.29, 0.717) is 22.3 Å². The smallest absolute Gasteiger partial charge is 0.270 e. The predicted octanol–water partition coefficient (Wildman–Crippen LogP) is 4.70. The maximum absolute atomic E-state index is 13.2. The van der Waals surface area contributed by atoms with Crippen molar-refractivity contribution in [1.29, 1.82) is 0 Å². The van der Waals surface area contributed by atoms with E-state index in [9.17, 15) is 18.5 Å². The summed E-state index contributed by atoms with van der Waals surface area (Å²) in [4.78, 5) is 19.3. The molecule has 162 valence electrons. The van der Waals surface area contributed by atoms with Crippen molar-refractivity contribution in [3.63, 3.8) is 0 Å². The third-order valence-electron chi connectivity index (χ3n) is 4.75. The van der Waals surface area contributed by atoms with Gasteiger partial charge in [-0.2, -0.15) is 0 Å². The number of nitro benzene ring substituents is 1. The van der Waals surface area contributed by atoms with Crippen LogP contribution in [0, 0.1) is 24.0 Å². The normalized spacial score (nSPS) is 11.3. The molecule has 1 aromatic heterocycles. The van der Waals surface area contributed by atoms with Crippen LogP contribution in [0.4, 0.5) is 23.0 Å². The van der Waals surface area contributed by atoms with Gasteiger partial charge in [0.2, 0.25) is 0 Å². The number of nitro groups is 1. The van der Waals surface area contributed by atoms with Gasteiger partial charge in [0.15, 0.2) is 11.6 Å². The van der Waals surface area contributed by atoms with Gasteiger partial charge in [-0.1, -0.05) is 30.3 Å². The molecule has 2 N–H and O–H groups in total. The SMILES string of the molecule is Cc1cccc(Nc2nc3ccccc3nc2NS(=O)(=O)c2cc([N+](=O)[O-])ccc2C)c1. The summed E-state index contributed by atoms with van der Waals surface area (Å²) in [6.07, 6.45) is 0. The van der Waals surface area contributed by atoms with E-state index in [2.05, 4.69) is 20.0 Å². The van der Waals surface area contributed by atoms with E-state index in [1.165, 1.54) is 12.1 Å². The fraction of sp³-hybridized carbons (Fsp3) is 0.0909. The van der Waals surface area contributed by atoms with Crippen LogP contribution in [0.3, 0.4) is 0 Å². The van der Waals surface area contributed by atoms with Crippen LogP contribution in [-0.4, -0.2) is 23.3 Å². The highest BCUT2D eigenvalue weighted by molar-refractivity contribution is 7.92. The molecule has 0 fully saturated rings. The van der Waals surface area contributed by atoms with Crippen LogP contribution in [0.1, 0.15) is 11.1 Å². The molecule has 0 amide bonds. The summed E-state index contributed by atoms with van der Waals surface area (Å²) in [5.74, 6) is 0.192. The van der Waals surface area contributed by atoms with Crippen molar-refractivity contribution in [2.75, 3.05) is 10.0 Å². The Kier molecular flexibility index (Phi) is 5.45. The van der Waals surface area contributed by atoms with E-state index in [1.807, 2.05) is 37.3 Å². The molecular weight excluding hydrogens is 430 g/mol. The van der Waals surface area contributed by atoms with E-state index >= 15 is 0 Å². The lowest BCUT2D eigenvalue weighted by atomic mass is 10.2. The first-order chi connectivity index (χ1) is 15.2. The summed E-state index contributed by atoms with van der Waals surface area (Å²) in [6, 6.07) is 18.3. The van der Waals surface area contributed by atoms with Crippen LogP contribution in [0.25, 0.3) is 11.0 Å². The van der Waals surface area contributed by atoms with E-state index < -0.39 is 14.9 Å². The summed E-state index contributed by atoms with van der Waals surface area (Å²) in [6.45, 7) is 3.50. The number of non-ortho nitro benzene ring substituents is 1. The summed E-state index contributed by atoms with van der Waals surface area (Å²) >= 11 is 0. The molecule has 1 heterocycles. The Hall–Kier alpha value is -4.05. The number of anilines is 3. The van der Waals surface area contributed by atoms with Gasteiger partial charge in [-0.3, -0.25) is 14.8 Å². The average molecular weight is 449 g/mol. The number of fused-ring (bicyclic) bond motifs is 1. The molecule has 4 rings (SSSR count). The maximum Gasteiger partial charge on any atom is 0.270 e. The number of benzene rings is 3. The number of nitrogens with zero attached hydrogens (tertiary/aromatic N) is 3. The molecule has 0 unspecified atom stereocenters. The van der Waals surface area contributed by atoms with Crippen molar-refractivity contribution >= 4 is 44.1 Å². The van der Waals surface area contributed by atoms with Gasteiger partial charge in [-0.25, -0.2) is 18.4 Å². The number of aromatic nitrogens is 2. The zero-order valence-electron chi connectivity index (χ0n) is 17.2. The number of aryl methyl sites for hydroxylation is 2. The quantitative estimate of drug-likeness (QED) is 0.323. The van der Waals surface area contributed by atoms with Crippen LogP contribution >= 0.6 is 0 Å². The Balaban J connectivity index is 1.81. The van der Waals surface area contributed by atoms with Crippen molar-refractivity contribution < 1.29 is 13.3 Å². The summed E-state index contributed by atoms with van der Waals surface area (Å²) < 4.78 is 28.8. The number of rotatable bonds is 6. The summed E-state index contributed by atoms with van der Waals surface area (Å²) in [7, 11) is -4.19. The molecule has 32 heavy (non-hydrogen) atoms. The third kappa shape index (κ3) is 4.35. The molecule has 0 atom stereocenters. The molecule has 0 aliphatic rings. The van der Waals surface area contributed by atoms with Gasteiger partial charge >= 0.3 is 0 Å². The molecule has 0 saturated carbocycles. The van der Waals surface area contributed by atoms with Crippen LogP contribution in [0.2, 0.25) is 0 Å². The van der Waals surface area contributed by atoms with E-state index in [-0.39, 0.29) is 22.2 Å². The minimum atomic E-state index is -4.19. The summed E-state index contributed by atoms with van der Waals surface area (Å²) in [5, 5.41) is 14.3. The average Bonchev–Trinajstić information content (AvgIpc) is 2.74. The topological polar surface area (TPSA) is 127 Å². The Morgan fingerprint density at radius 3 is 2.22 bits per heavy atom. The Labute approximate surface area is 184 Å². The second-order valence-electron chi connectivity index (χ2n) is 7.22. The van der Waals surface area contributed by atoms with Crippen LogP contribution in [0.15, 0.2) is 71.6 Å². The largest absolute Gasteiger partial charge is 0.337 e. The van der Waals surface area contributed by atoms with Gasteiger partial charge in [0.05, 0.1) is 20.9 Å². The first-order valence-corrected chi connectivity index (χ1v) is 11.1. The van der Waals surface area contributed by atoms with Crippen molar-refractivity contribution in [2.24, 2.45) is 0 Å². The van der Waals surface area contributed by atoms with E-state index in [4.69, 9.17) is 0 Å². The minimum absolute atomic E-state index is 0.0175. The number of nitrogens with one attached hydrogen (secondary N) is 2. The van der Waals surface area contributed by atoms with Gasteiger partial charge in [-0.05, 0) is 49.2 Å². The number of para-hydroxylation sites is 2. The zero-order valence-corrected chi connectivity index (χ0v) is 18.1. The van der Waals surface area contributed by atoms with Crippen molar-refractivity contribution in [3.8, 4) is 0 Å². The molecule has 0 aliphatic heterocycles. The standard InChI is InChI=1S/C22H19N5O4S/c1-14-6-5-7-16(12-14)23-21-22(25-19-9-4-3-8-18(19)24-21)26-32(30,31)20-13-17(27(28)29)11-10-15(20)2/h3-13H,1-2H3,(H,23,24)(H,25,26). The molecule has 0 aliphatic carbocycles. The van der Waals surface area contributed by atoms with Crippen LogP contribution in [0.5, 0.6) is 0 Å². The molecule has 9 nitrogen and oxygen atoms in total. The maximum atomic E-state index is 13.2. The lowest BCUT2D eigenvalue weighted by molar-refractivity contribution is -0.385. The first kappa shape index (κ1) is 21.2. The fourth-order valence-corrected chi connectivity index (χ4v) is 4.47.